The molecule has 0 spiro atoms. The van der Waals surface area contributed by atoms with Crippen molar-refractivity contribution in [1.29, 1.82) is 10.8 Å². The number of hydrogen-bond acceptors (Lipinski definition) is 5. The van der Waals surface area contributed by atoms with Crippen molar-refractivity contribution in [3.8, 4) is 0 Å². The second kappa shape index (κ2) is 7.37. The molecular formula is C19H20N4S2. The standard InChI is InChI=1S/C19H20N4S2/c1-24-18-14(12-15(25-18)17(21)22)16(20)19(9-5-11-23-19)10-8-13-6-3-2-4-7-13/h2-7,9,11-12,20H,8,10H2,1H3,(H3,21,22). The molecule has 1 unspecified atom stereocenters. The monoisotopic (exact) mass is 368 g/mol. The summed E-state index contributed by atoms with van der Waals surface area (Å²) in [6.07, 6.45) is 9.27. The van der Waals surface area contributed by atoms with Crippen molar-refractivity contribution in [2.45, 2.75) is 22.6 Å². The molecule has 1 aliphatic heterocycles. The summed E-state index contributed by atoms with van der Waals surface area (Å²) in [7, 11) is 0. The Hall–Kier alpha value is -2.18. The van der Waals surface area contributed by atoms with E-state index in [9.17, 15) is 0 Å². The van der Waals surface area contributed by atoms with E-state index in [1.807, 2.05) is 42.7 Å². The molecule has 2 aromatic rings. The lowest BCUT2D eigenvalue weighted by Crippen LogP contribution is -2.34. The summed E-state index contributed by atoms with van der Waals surface area (Å²) in [6.45, 7) is 0. The first-order valence-corrected chi connectivity index (χ1v) is 9.98. The number of nitrogens with one attached hydrogen (secondary N) is 2. The highest BCUT2D eigenvalue weighted by atomic mass is 32.2. The summed E-state index contributed by atoms with van der Waals surface area (Å²) in [5.74, 6) is 0.0446. The molecule has 128 valence electrons. The Bertz CT molecular complexity index is 838. The fourth-order valence-electron chi connectivity index (χ4n) is 2.89. The quantitative estimate of drug-likeness (QED) is 0.390. The number of nitrogens with zero attached hydrogens (tertiary/aromatic N) is 1. The van der Waals surface area contributed by atoms with Crippen LogP contribution in [-0.2, 0) is 6.42 Å². The normalized spacial score (nSPS) is 18.6. The van der Waals surface area contributed by atoms with Gasteiger partial charge in [0.15, 0.2) is 0 Å². The zero-order valence-electron chi connectivity index (χ0n) is 14.0. The first-order chi connectivity index (χ1) is 12.1. The molecule has 0 bridgehead atoms. The van der Waals surface area contributed by atoms with Gasteiger partial charge in [0.05, 0.1) is 14.8 Å². The number of nitrogens with two attached hydrogens (primary N) is 1. The van der Waals surface area contributed by atoms with Gasteiger partial charge in [0.2, 0.25) is 0 Å². The van der Waals surface area contributed by atoms with E-state index in [0.29, 0.717) is 10.6 Å². The number of thiophene rings is 1. The van der Waals surface area contributed by atoms with Crippen molar-refractivity contribution in [2.75, 3.05) is 6.26 Å². The van der Waals surface area contributed by atoms with E-state index >= 15 is 0 Å². The molecule has 0 saturated carbocycles. The number of allylic oxidation sites excluding steroid dienone is 1. The van der Waals surface area contributed by atoms with Gasteiger partial charge in [0.1, 0.15) is 11.4 Å². The van der Waals surface area contributed by atoms with Crippen molar-refractivity contribution in [2.24, 2.45) is 10.7 Å². The van der Waals surface area contributed by atoms with E-state index < -0.39 is 5.54 Å². The van der Waals surface area contributed by atoms with Crippen molar-refractivity contribution in [3.63, 3.8) is 0 Å². The summed E-state index contributed by atoms with van der Waals surface area (Å²) in [5, 5.41) is 16.5. The second-order valence-electron chi connectivity index (χ2n) is 5.85. The summed E-state index contributed by atoms with van der Waals surface area (Å²) >= 11 is 3.05. The minimum atomic E-state index is -0.643. The Labute approximate surface area is 155 Å². The Morgan fingerprint density at radius 2 is 2.04 bits per heavy atom. The number of hydrogen-bond donors (Lipinski definition) is 3. The largest absolute Gasteiger partial charge is 0.383 e. The summed E-state index contributed by atoms with van der Waals surface area (Å²) in [4.78, 5) is 5.34. The summed E-state index contributed by atoms with van der Waals surface area (Å²) < 4.78 is 1.00. The van der Waals surface area contributed by atoms with E-state index in [4.69, 9.17) is 16.6 Å². The van der Waals surface area contributed by atoms with Gasteiger partial charge in [-0.15, -0.1) is 23.1 Å². The minimum Gasteiger partial charge on any atom is -0.383 e. The minimum absolute atomic E-state index is 0.0446. The highest BCUT2D eigenvalue weighted by Gasteiger charge is 2.35. The maximum absolute atomic E-state index is 8.86. The van der Waals surface area contributed by atoms with E-state index in [0.717, 1.165) is 22.6 Å². The Morgan fingerprint density at radius 1 is 1.28 bits per heavy atom. The van der Waals surface area contributed by atoms with E-state index in [2.05, 4.69) is 17.1 Å². The van der Waals surface area contributed by atoms with Gasteiger partial charge in [-0.2, -0.15) is 0 Å². The van der Waals surface area contributed by atoms with Gasteiger partial charge in [-0.05, 0) is 42.9 Å². The number of rotatable bonds is 7. The Morgan fingerprint density at radius 3 is 2.64 bits per heavy atom. The van der Waals surface area contributed by atoms with Gasteiger partial charge < -0.3 is 11.1 Å². The van der Waals surface area contributed by atoms with Crippen molar-refractivity contribution >= 4 is 40.9 Å². The molecule has 6 heteroatoms. The third-order valence-corrected chi connectivity index (χ3v) is 6.56. The topological polar surface area (TPSA) is 86.1 Å². The van der Waals surface area contributed by atoms with E-state index in [1.54, 1.807) is 18.0 Å². The van der Waals surface area contributed by atoms with Crippen molar-refractivity contribution < 1.29 is 0 Å². The average Bonchev–Trinajstić information content (AvgIpc) is 3.28. The van der Waals surface area contributed by atoms with Crippen LogP contribution in [0, 0.1) is 10.8 Å². The first-order valence-electron chi connectivity index (χ1n) is 7.94. The number of aryl methyl sites for hydroxylation is 1. The smallest absolute Gasteiger partial charge is 0.133 e. The van der Waals surface area contributed by atoms with Gasteiger partial charge >= 0.3 is 0 Å². The van der Waals surface area contributed by atoms with Crippen LogP contribution < -0.4 is 5.73 Å². The van der Waals surface area contributed by atoms with E-state index in [1.165, 1.54) is 16.9 Å². The lowest BCUT2D eigenvalue weighted by Gasteiger charge is -2.25. The number of nitrogen functional groups attached to an aromatic ring is 1. The van der Waals surface area contributed by atoms with Gasteiger partial charge in [0, 0.05) is 11.8 Å². The highest BCUT2D eigenvalue weighted by molar-refractivity contribution is 8.00. The lowest BCUT2D eigenvalue weighted by atomic mass is 9.85. The molecule has 1 aromatic heterocycles. The Balaban J connectivity index is 1.90. The van der Waals surface area contributed by atoms with Crippen LogP contribution in [0.3, 0.4) is 0 Å². The number of amidine groups is 1. The summed E-state index contributed by atoms with van der Waals surface area (Å²) in [5.41, 5.74) is 7.55. The summed E-state index contributed by atoms with van der Waals surface area (Å²) in [6, 6.07) is 12.1. The number of aliphatic imine (C=N–C) groups is 1. The molecule has 0 amide bonds. The molecule has 3 rings (SSSR count). The van der Waals surface area contributed by atoms with Gasteiger partial charge in [-0.3, -0.25) is 10.4 Å². The van der Waals surface area contributed by atoms with Crippen LogP contribution in [0.2, 0.25) is 0 Å². The predicted octanol–water partition coefficient (Wildman–Crippen LogP) is 4.13. The molecule has 2 heterocycles. The zero-order valence-corrected chi connectivity index (χ0v) is 15.6. The number of benzene rings is 1. The fourth-order valence-corrected chi connectivity index (χ4v) is 4.63. The van der Waals surface area contributed by atoms with Crippen LogP contribution in [0.4, 0.5) is 0 Å². The van der Waals surface area contributed by atoms with Gasteiger partial charge in [0.25, 0.3) is 0 Å². The molecule has 25 heavy (non-hydrogen) atoms. The van der Waals surface area contributed by atoms with Crippen molar-refractivity contribution in [3.05, 3.63) is 64.6 Å². The zero-order chi connectivity index (χ0) is 17.9. The van der Waals surface area contributed by atoms with Crippen LogP contribution in [0.1, 0.15) is 22.4 Å². The van der Waals surface area contributed by atoms with Gasteiger partial charge in [-0.25, -0.2) is 0 Å². The van der Waals surface area contributed by atoms with E-state index in [-0.39, 0.29) is 5.84 Å². The first kappa shape index (κ1) is 17.6. The molecule has 4 N–H and O–H groups in total. The SMILES string of the molecule is CSc1sc(C(=N)N)cc1C(=N)C1(CCc2ccccc2)C=CC=N1. The van der Waals surface area contributed by atoms with Crippen LogP contribution in [-0.4, -0.2) is 29.6 Å². The maximum Gasteiger partial charge on any atom is 0.133 e. The third kappa shape index (κ3) is 3.60. The van der Waals surface area contributed by atoms with Crippen LogP contribution in [0.15, 0.2) is 57.8 Å². The second-order valence-corrected chi connectivity index (χ2v) is 7.98. The van der Waals surface area contributed by atoms with Crippen LogP contribution >= 0.6 is 23.1 Å². The molecular weight excluding hydrogens is 348 g/mol. The third-order valence-electron chi connectivity index (χ3n) is 4.25. The Kier molecular flexibility index (Phi) is 5.20. The van der Waals surface area contributed by atoms with Crippen LogP contribution in [0.5, 0.6) is 0 Å². The molecule has 0 aliphatic carbocycles. The predicted molar refractivity (Wildman–Crippen MR) is 109 cm³/mol. The molecule has 0 fully saturated rings. The number of thioether (sulfide) groups is 1. The van der Waals surface area contributed by atoms with Gasteiger partial charge in [-0.1, -0.05) is 30.3 Å². The molecule has 1 aromatic carbocycles. The highest BCUT2D eigenvalue weighted by Crippen LogP contribution is 2.36. The lowest BCUT2D eigenvalue weighted by molar-refractivity contribution is 0.635. The fraction of sp³-hybridized carbons (Fsp3) is 0.211. The van der Waals surface area contributed by atoms with Crippen LogP contribution in [0.25, 0.3) is 0 Å². The average molecular weight is 369 g/mol. The maximum atomic E-state index is 8.86. The van der Waals surface area contributed by atoms with Crippen molar-refractivity contribution in [1.82, 2.24) is 0 Å². The molecule has 1 atom stereocenters. The molecule has 0 saturated heterocycles. The molecule has 0 radical (unpaired) electrons. The molecule has 1 aliphatic rings. The molecule has 4 nitrogen and oxygen atoms in total.